The minimum Gasteiger partial charge on any atom is -0.465 e. The first-order valence-corrected chi connectivity index (χ1v) is 25.3. The first-order chi connectivity index (χ1) is 35.2. The van der Waals surface area contributed by atoms with E-state index in [1.807, 2.05) is 30.5 Å². The Bertz CT molecular complexity index is 2170. The fourth-order valence-electron chi connectivity index (χ4n) is 8.97. The van der Waals surface area contributed by atoms with Crippen LogP contribution in [0.15, 0.2) is 61.1 Å². The molecule has 0 radical (unpaired) electrons. The lowest BCUT2D eigenvalue weighted by Gasteiger charge is -2.36. The standard InChI is InChI=1S/C36H50N10O6.C14H22N4O3/c37-31(38)27-11-7-25(8-12-27)23-41-33(47)43-15-19-45(20-16-43)35(49)51-29-3-1-4-30(6-2-5-29)52-36(50)46-21-17-44(18-22-46)34(48)42-24-26-9-13-28(14-10-26)32(39)40;19-13(17-6-8-18(9-7-17)14(20)21)5-3-1-2-4-12-10-15-11-16-12/h7-14,29-30H,1-6,15-24H2,(H3,37,38)(H3,39,40)(H,41,47)(H,42,48);10-11H,1-9H2,(H,15,16)(H,20,21). The van der Waals surface area contributed by atoms with Crippen molar-refractivity contribution in [3.63, 3.8) is 0 Å². The summed E-state index contributed by atoms with van der Waals surface area (Å²) in [5.41, 5.74) is 15.2. The van der Waals surface area contributed by atoms with E-state index in [0.29, 0.717) is 135 Å². The average molecular weight is 1010 g/mol. The van der Waals surface area contributed by atoms with Gasteiger partial charge >= 0.3 is 30.3 Å². The van der Waals surface area contributed by atoms with Crippen LogP contribution in [0, 0.1) is 10.8 Å². The van der Waals surface area contributed by atoms with E-state index in [1.165, 1.54) is 4.90 Å². The molecule has 2 aromatic carbocycles. The third-order valence-corrected chi connectivity index (χ3v) is 13.5. The van der Waals surface area contributed by atoms with Gasteiger partial charge in [0.1, 0.15) is 23.9 Å². The number of rotatable bonds is 14. The molecule has 1 aromatic heterocycles. The number of hydrogen-bond donors (Lipinski definition) is 8. The maximum Gasteiger partial charge on any atom is 0.410 e. The molecular formula is C50H72N14O9. The minimum atomic E-state index is -0.902. The molecule has 4 heterocycles. The van der Waals surface area contributed by atoms with E-state index in [0.717, 1.165) is 55.3 Å². The van der Waals surface area contributed by atoms with Gasteiger partial charge in [-0.3, -0.25) is 15.6 Å². The third-order valence-electron chi connectivity index (χ3n) is 13.5. The number of piperazine rings is 3. The maximum atomic E-state index is 13.0. The molecular weight excluding hydrogens is 941 g/mol. The van der Waals surface area contributed by atoms with Crippen molar-refractivity contribution in [3.05, 3.63) is 89.0 Å². The molecule has 0 atom stereocenters. The van der Waals surface area contributed by atoms with Gasteiger partial charge in [0.2, 0.25) is 5.91 Å². The van der Waals surface area contributed by atoms with E-state index in [4.69, 9.17) is 36.9 Å². The lowest BCUT2D eigenvalue weighted by Crippen LogP contribution is -2.53. The number of imidazole rings is 1. The number of amidine groups is 2. The number of nitrogens with one attached hydrogen (secondary N) is 5. The SMILES string of the molecule is N=C(N)c1ccc(CNC(=O)N2CCN(C(=O)OC3CCCC(OC(=O)N4CCN(C(=O)NCc5ccc(C(=N)N)cc5)CC4)CCC3)CC2)cc1.O=C(O)N1CCN(C(=O)CCCCCc2cnc[nH]2)CC1. The summed E-state index contributed by atoms with van der Waals surface area (Å²) in [7, 11) is 0. The van der Waals surface area contributed by atoms with E-state index in [9.17, 15) is 28.8 Å². The van der Waals surface area contributed by atoms with Crippen LogP contribution >= 0.6 is 0 Å². The Balaban J connectivity index is 0.000000344. The number of carboxylic acid groups (broad SMARTS) is 1. The topological polar surface area (TPSA) is 313 Å². The molecule has 3 aliphatic heterocycles. The highest BCUT2D eigenvalue weighted by molar-refractivity contribution is 5.95. The van der Waals surface area contributed by atoms with Crippen LogP contribution in [-0.2, 0) is 33.8 Å². The van der Waals surface area contributed by atoms with Gasteiger partial charge in [-0.05, 0) is 68.9 Å². The molecule has 4 fully saturated rings. The summed E-state index contributed by atoms with van der Waals surface area (Å²) in [6.07, 6.45) is 10.2. The highest BCUT2D eigenvalue weighted by Gasteiger charge is 2.30. The second-order valence-electron chi connectivity index (χ2n) is 18.6. The molecule has 1 aliphatic carbocycles. The summed E-state index contributed by atoms with van der Waals surface area (Å²) in [5.74, 6) is 0.130. The van der Waals surface area contributed by atoms with Crippen LogP contribution in [0.5, 0.6) is 0 Å². The van der Waals surface area contributed by atoms with Crippen molar-refractivity contribution in [2.45, 2.75) is 95.9 Å². The van der Waals surface area contributed by atoms with Gasteiger partial charge in [-0.15, -0.1) is 0 Å². The zero-order chi connectivity index (χ0) is 52.1. The number of benzene rings is 2. The fourth-order valence-corrected chi connectivity index (χ4v) is 8.97. The summed E-state index contributed by atoms with van der Waals surface area (Å²) in [6, 6.07) is 13.9. The van der Waals surface area contributed by atoms with Crippen LogP contribution in [0.25, 0.3) is 0 Å². The molecule has 3 saturated heterocycles. The lowest BCUT2D eigenvalue weighted by atomic mass is 9.96. The van der Waals surface area contributed by atoms with Crippen molar-refractivity contribution >= 4 is 47.9 Å². The summed E-state index contributed by atoms with van der Waals surface area (Å²) in [6.45, 7) is 5.74. The van der Waals surface area contributed by atoms with E-state index >= 15 is 0 Å². The zero-order valence-electron chi connectivity index (χ0n) is 41.6. The smallest absolute Gasteiger partial charge is 0.410 e. The molecule has 1 saturated carbocycles. The number of aromatic nitrogens is 2. The van der Waals surface area contributed by atoms with Gasteiger partial charge in [0.25, 0.3) is 0 Å². The number of aromatic amines is 1. The average Bonchev–Trinajstić information content (AvgIpc) is 3.92. The van der Waals surface area contributed by atoms with Crippen LogP contribution in [0.4, 0.5) is 24.0 Å². The Kier molecular flexibility index (Phi) is 20.9. The Morgan fingerprint density at radius 2 is 1.00 bits per heavy atom. The van der Waals surface area contributed by atoms with Crippen molar-refractivity contribution in [2.24, 2.45) is 11.5 Å². The van der Waals surface area contributed by atoms with Crippen LogP contribution in [-0.4, -0.2) is 183 Å². The van der Waals surface area contributed by atoms with Gasteiger partial charge in [0.15, 0.2) is 0 Å². The summed E-state index contributed by atoms with van der Waals surface area (Å²) < 4.78 is 11.7. The summed E-state index contributed by atoms with van der Waals surface area (Å²) in [5, 5.41) is 29.6. The van der Waals surface area contributed by atoms with Gasteiger partial charge < -0.3 is 71.1 Å². The van der Waals surface area contributed by atoms with Crippen molar-refractivity contribution < 1.29 is 43.3 Å². The van der Waals surface area contributed by atoms with Gasteiger partial charge in [0, 0.05) is 121 Å². The molecule has 23 heteroatoms. The van der Waals surface area contributed by atoms with Crippen LogP contribution in [0.1, 0.15) is 92.2 Å². The molecule has 73 heavy (non-hydrogen) atoms. The predicted molar refractivity (Wildman–Crippen MR) is 271 cm³/mol. The van der Waals surface area contributed by atoms with Crippen LogP contribution in [0.3, 0.4) is 0 Å². The van der Waals surface area contributed by atoms with Crippen molar-refractivity contribution in [2.75, 3.05) is 78.5 Å². The Labute approximate surface area is 425 Å². The number of H-pyrrole nitrogens is 1. The van der Waals surface area contributed by atoms with Gasteiger partial charge in [-0.25, -0.2) is 29.0 Å². The number of hydrogen-bond acceptors (Lipinski definition) is 11. The lowest BCUT2D eigenvalue weighted by molar-refractivity contribution is -0.132. The second kappa shape index (κ2) is 27.9. The number of unbranched alkanes of at least 4 members (excludes halogenated alkanes) is 2. The highest BCUT2D eigenvalue weighted by Crippen LogP contribution is 2.24. The number of nitrogens with two attached hydrogens (primary N) is 2. The van der Waals surface area contributed by atoms with Gasteiger partial charge in [-0.1, -0.05) is 55.0 Å². The van der Waals surface area contributed by atoms with E-state index in [2.05, 4.69) is 20.6 Å². The molecule has 10 N–H and O–H groups in total. The molecule has 3 aromatic rings. The highest BCUT2D eigenvalue weighted by atomic mass is 16.6. The van der Waals surface area contributed by atoms with Crippen molar-refractivity contribution in [1.82, 2.24) is 50.0 Å². The van der Waals surface area contributed by atoms with E-state index in [-0.39, 0.29) is 54.0 Å². The first-order valence-electron chi connectivity index (χ1n) is 25.3. The fraction of sp³-hybridized carbons (Fsp3) is 0.540. The number of nitrogen functional groups attached to an aromatic ring is 2. The monoisotopic (exact) mass is 1010 g/mol. The molecule has 23 nitrogen and oxygen atoms in total. The quantitative estimate of drug-likeness (QED) is 0.0637. The Morgan fingerprint density at radius 1 is 0.589 bits per heavy atom. The molecule has 0 unspecified atom stereocenters. The zero-order valence-corrected chi connectivity index (χ0v) is 41.6. The Morgan fingerprint density at radius 3 is 1.40 bits per heavy atom. The van der Waals surface area contributed by atoms with E-state index in [1.54, 1.807) is 55.1 Å². The molecule has 7 rings (SSSR count). The largest absolute Gasteiger partial charge is 0.465 e. The molecule has 396 valence electrons. The number of carbonyl (C=O) groups excluding carboxylic acids is 5. The number of amides is 8. The number of ether oxygens (including phenoxy) is 2. The van der Waals surface area contributed by atoms with Crippen LogP contribution in [0.2, 0.25) is 0 Å². The second-order valence-corrected chi connectivity index (χ2v) is 18.6. The van der Waals surface area contributed by atoms with Gasteiger partial charge in [0.05, 0.1) is 6.33 Å². The Hall–Kier alpha value is -7.59. The first kappa shape index (κ1) is 54.7. The molecule has 0 spiro atoms. The summed E-state index contributed by atoms with van der Waals surface area (Å²) in [4.78, 5) is 90.9. The third kappa shape index (κ3) is 17.6. The van der Waals surface area contributed by atoms with Gasteiger partial charge in [-0.2, -0.15) is 0 Å². The van der Waals surface area contributed by atoms with E-state index < -0.39 is 6.09 Å². The maximum absolute atomic E-state index is 13.0. The predicted octanol–water partition coefficient (Wildman–Crippen LogP) is 4.31. The van der Waals surface area contributed by atoms with Crippen LogP contribution < -0.4 is 22.1 Å². The molecule has 8 amide bonds. The molecule has 4 aliphatic rings. The van der Waals surface area contributed by atoms with Crippen molar-refractivity contribution in [3.8, 4) is 0 Å². The number of urea groups is 2. The van der Waals surface area contributed by atoms with Crippen molar-refractivity contribution in [1.29, 1.82) is 10.8 Å². The summed E-state index contributed by atoms with van der Waals surface area (Å²) >= 11 is 0. The molecule has 0 bridgehead atoms. The number of nitrogens with zero attached hydrogens (tertiary/aromatic N) is 7. The normalized spacial score (nSPS) is 18.2. The minimum absolute atomic E-state index is 0.00518. The number of carbonyl (C=O) groups is 6. The number of aryl methyl sites for hydroxylation is 1.